The van der Waals surface area contributed by atoms with Crippen LogP contribution in [0.4, 0.5) is 0 Å². The standard InChI is InChI=1S/C14H19NO11/c1-6(16)23-5-14(20)12(15(21)22)10(24-7(2)17)11(25-8(3)18)13(14)26-9(4)19/h10-13,20H,5H2,1-4H3/t10-,11-,12?,13+,14?/m1/s1. The summed E-state index contributed by atoms with van der Waals surface area (Å²) in [7, 11) is 0. The van der Waals surface area contributed by atoms with Crippen LogP contribution in [-0.4, -0.2) is 70.5 Å². The summed E-state index contributed by atoms with van der Waals surface area (Å²) < 4.78 is 19.4. The Balaban J connectivity index is 3.48. The summed E-state index contributed by atoms with van der Waals surface area (Å²) in [5, 5.41) is 22.4. The molecule has 0 bridgehead atoms. The van der Waals surface area contributed by atoms with Crippen LogP contribution in [0.5, 0.6) is 0 Å². The number of carbonyl (C=O) groups excluding carboxylic acids is 4. The topological polar surface area (TPSA) is 169 Å². The molecule has 1 aliphatic carbocycles. The number of rotatable bonds is 6. The van der Waals surface area contributed by atoms with Crippen LogP contribution in [0.2, 0.25) is 0 Å². The van der Waals surface area contributed by atoms with Gasteiger partial charge in [0.15, 0.2) is 12.2 Å². The summed E-state index contributed by atoms with van der Waals surface area (Å²) in [4.78, 5) is 55.8. The molecule has 0 aromatic carbocycles. The van der Waals surface area contributed by atoms with Crippen molar-refractivity contribution in [2.75, 3.05) is 6.61 Å². The van der Waals surface area contributed by atoms with Gasteiger partial charge in [0.1, 0.15) is 6.61 Å². The van der Waals surface area contributed by atoms with Crippen LogP contribution >= 0.6 is 0 Å². The first-order valence-electron chi connectivity index (χ1n) is 7.41. The smallest absolute Gasteiger partial charge is 0.303 e. The third-order valence-electron chi connectivity index (χ3n) is 3.57. The molecule has 5 atom stereocenters. The maximum absolute atomic E-state index is 11.5. The first-order chi connectivity index (χ1) is 11.9. The van der Waals surface area contributed by atoms with Crippen molar-refractivity contribution in [3.8, 4) is 0 Å². The van der Waals surface area contributed by atoms with E-state index in [2.05, 4.69) is 4.74 Å². The third-order valence-corrected chi connectivity index (χ3v) is 3.57. The van der Waals surface area contributed by atoms with E-state index in [9.17, 15) is 34.4 Å². The number of nitro groups is 1. The maximum Gasteiger partial charge on any atom is 0.303 e. The second kappa shape index (κ2) is 8.08. The van der Waals surface area contributed by atoms with Crippen molar-refractivity contribution >= 4 is 23.9 Å². The number of hydrogen-bond acceptors (Lipinski definition) is 11. The molecule has 0 radical (unpaired) electrons. The molecule has 146 valence electrons. The molecule has 12 heteroatoms. The monoisotopic (exact) mass is 377 g/mol. The highest BCUT2D eigenvalue weighted by Crippen LogP contribution is 2.39. The van der Waals surface area contributed by atoms with Gasteiger partial charge in [0.2, 0.25) is 11.7 Å². The van der Waals surface area contributed by atoms with Gasteiger partial charge in [-0.05, 0) is 0 Å². The van der Waals surface area contributed by atoms with Crippen LogP contribution in [0.25, 0.3) is 0 Å². The van der Waals surface area contributed by atoms with E-state index in [1.54, 1.807) is 0 Å². The van der Waals surface area contributed by atoms with Crippen molar-refractivity contribution in [1.82, 2.24) is 0 Å². The molecule has 0 heterocycles. The number of ether oxygens (including phenoxy) is 4. The second-order valence-electron chi connectivity index (χ2n) is 5.68. The van der Waals surface area contributed by atoms with Gasteiger partial charge in [-0.15, -0.1) is 0 Å². The minimum Gasteiger partial charge on any atom is -0.462 e. The van der Waals surface area contributed by atoms with E-state index in [0.29, 0.717) is 0 Å². The lowest BCUT2D eigenvalue weighted by Crippen LogP contribution is -2.57. The highest BCUT2D eigenvalue weighted by molar-refractivity contribution is 5.69. The SMILES string of the molecule is CC(=O)OCC1(O)C([N+](=O)[O-])[C@H](OC(C)=O)[C@@H](OC(C)=O)[C@@H]1OC(C)=O. The zero-order valence-corrected chi connectivity index (χ0v) is 14.5. The van der Waals surface area contributed by atoms with E-state index >= 15 is 0 Å². The van der Waals surface area contributed by atoms with E-state index in [0.717, 1.165) is 27.7 Å². The number of carbonyl (C=O) groups is 4. The summed E-state index contributed by atoms with van der Waals surface area (Å²) in [6.07, 6.45) is -5.28. The highest BCUT2D eigenvalue weighted by Gasteiger charge is 2.72. The van der Waals surface area contributed by atoms with Gasteiger partial charge in [0, 0.05) is 32.6 Å². The van der Waals surface area contributed by atoms with Crippen molar-refractivity contribution in [1.29, 1.82) is 0 Å². The number of hydrogen-bond donors (Lipinski definition) is 1. The van der Waals surface area contributed by atoms with E-state index < -0.39 is 65.4 Å². The lowest BCUT2D eigenvalue weighted by Gasteiger charge is -2.30. The fourth-order valence-corrected chi connectivity index (χ4v) is 2.77. The van der Waals surface area contributed by atoms with Crippen LogP contribution in [-0.2, 0) is 38.1 Å². The molecule has 1 saturated carbocycles. The average Bonchev–Trinajstić information content (AvgIpc) is 2.66. The first kappa shape index (κ1) is 21.3. The molecule has 0 spiro atoms. The molecule has 0 saturated heterocycles. The Bertz CT molecular complexity index is 618. The van der Waals surface area contributed by atoms with E-state index in [1.807, 2.05) is 0 Å². The van der Waals surface area contributed by atoms with Gasteiger partial charge in [-0.2, -0.15) is 0 Å². The Labute approximate surface area is 147 Å². The number of aliphatic hydroxyl groups is 1. The summed E-state index contributed by atoms with van der Waals surface area (Å²) >= 11 is 0. The molecule has 0 aromatic heterocycles. The molecular weight excluding hydrogens is 358 g/mol. The minimum atomic E-state index is -2.61. The Morgan fingerprint density at radius 2 is 1.38 bits per heavy atom. The van der Waals surface area contributed by atoms with Gasteiger partial charge in [-0.25, -0.2) is 0 Å². The largest absolute Gasteiger partial charge is 0.462 e. The number of nitrogens with zero attached hydrogens (tertiary/aromatic N) is 1. The van der Waals surface area contributed by atoms with E-state index in [4.69, 9.17) is 14.2 Å². The Kier molecular flexibility index (Phi) is 6.61. The van der Waals surface area contributed by atoms with Gasteiger partial charge in [0.05, 0.1) is 0 Å². The zero-order valence-electron chi connectivity index (χ0n) is 14.5. The molecule has 1 rings (SSSR count). The quantitative estimate of drug-likeness (QED) is 0.253. The molecule has 0 aromatic rings. The predicted octanol–water partition coefficient (Wildman–Crippen LogP) is -1.27. The summed E-state index contributed by atoms with van der Waals surface area (Å²) in [6.45, 7) is 2.92. The Hall–Kier alpha value is -2.76. The lowest BCUT2D eigenvalue weighted by molar-refractivity contribution is -0.553. The summed E-state index contributed by atoms with van der Waals surface area (Å²) in [5.41, 5.74) is -2.61. The van der Waals surface area contributed by atoms with E-state index in [-0.39, 0.29) is 0 Å². The highest BCUT2D eigenvalue weighted by atomic mass is 16.7. The van der Waals surface area contributed by atoms with Crippen molar-refractivity contribution in [2.45, 2.75) is 57.6 Å². The van der Waals surface area contributed by atoms with Crippen LogP contribution < -0.4 is 0 Å². The zero-order chi connectivity index (χ0) is 20.2. The first-order valence-corrected chi connectivity index (χ1v) is 7.41. The van der Waals surface area contributed by atoms with Crippen LogP contribution in [0.15, 0.2) is 0 Å². The number of esters is 4. The third kappa shape index (κ3) is 4.65. The second-order valence-corrected chi connectivity index (χ2v) is 5.68. The van der Waals surface area contributed by atoms with Crippen LogP contribution in [0.3, 0.4) is 0 Å². The molecule has 0 aliphatic heterocycles. The van der Waals surface area contributed by atoms with E-state index in [1.165, 1.54) is 0 Å². The van der Waals surface area contributed by atoms with Crippen molar-refractivity contribution < 1.29 is 48.2 Å². The van der Waals surface area contributed by atoms with Crippen molar-refractivity contribution in [3.63, 3.8) is 0 Å². The van der Waals surface area contributed by atoms with Crippen LogP contribution in [0.1, 0.15) is 27.7 Å². The molecule has 1 N–H and O–H groups in total. The summed E-state index contributed by atoms with van der Waals surface area (Å²) in [5.74, 6) is -3.72. The van der Waals surface area contributed by atoms with Gasteiger partial charge in [-0.1, -0.05) is 0 Å². The van der Waals surface area contributed by atoms with Gasteiger partial charge in [-0.3, -0.25) is 29.3 Å². The molecule has 0 amide bonds. The van der Waals surface area contributed by atoms with Gasteiger partial charge >= 0.3 is 23.9 Å². The Morgan fingerprint density at radius 3 is 1.77 bits per heavy atom. The van der Waals surface area contributed by atoms with Crippen molar-refractivity contribution in [2.24, 2.45) is 0 Å². The lowest BCUT2D eigenvalue weighted by atomic mass is 9.96. The molecule has 12 nitrogen and oxygen atoms in total. The molecular formula is C14H19NO11. The molecule has 26 heavy (non-hydrogen) atoms. The van der Waals surface area contributed by atoms with Crippen LogP contribution in [0, 0.1) is 10.1 Å². The maximum atomic E-state index is 11.5. The molecule has 2 unspecified atom stereocenters. The Morgan fingerprint density at radius 1 is 0.923 bits per heavy atom. The predicted molar refractivity (Wildman–Crippen MR) is 79.0 cm³/mol. The van der Waals surface area contributed by atoms with Gasteiger partial charge < -0.3 is 24.1 Å². The average molecular weight is 377 g/mol. The molecule has 1 fully saturated rings. The summed E-state index contributed by atoms with van der Waals surface area (Å²) in [6, 6.07) is -2.10. The van der Waals surface area contributed by atoms with Gasteiger partial charge in [0.25, 0.3) is 6.04 Å². The fourth-order valence-electron chi connectivity index (χ4n) is 2.77. The normalized spacial score (nSPS) is 30.2. The molecule has 1 aliphatic rings. The van der Waals surface area contributed by atoms with Crippen molar-refractivity contribution in [3.05, 3.63) is 10.1 Å². The fraction of sp³-hybridized carbons (Fsp3) is 0.714. The minimum absolute atomic E-state index is 0.873.